The Labute approximate surface area is 180 Å². The van der Waals surface area contributed by atoms with Crippen molar-refractivity contribution >= 4 is 17.4 Å². The fraction of sp³-hybridized carbons (Fsp3) is 0.350. The van der Waals surface area contributed by atoms with Crippen LogP contribution in [0.4, 0.5) is 10.2 Å². The molecule has 3 N–H and O–H groups in total. The molecular formula is C20H18FN7O4. The van der Waals surface area contributed by atoms with E-state index in [1.165, 1.54) is 15.8 Å². The summed E-state index contributed by atoms with van der Waals surface area (Å²) in [6, 6.07) is 3.86. The number of aliphatic hydroxyl groups excluding tert-OH is 1. The molecule has 3 aromatic rings. The number of pyridine rings is 1. The Morgan fingerprint density at radius 2 is 2.25 bits per heavy atom. The first-order valence-electron chi connectivity index (χ1n) is 10.0. The van der Waals surface area contributed by atoms with Gasteiger partial charge in [-0.3, -0.25) is 14.4 Å². The summed E-state index contributed by atoms with van der Waals surface area (Å²) in [5.74, 6) is -0.816. The van der Waals surface area contributed by atoms with Gasteiger partial charge in [0.05, 0.1) is 18.8 Å². The number of rotatable bonds is 4. The van der Waals surface area contributed by atoms with Crippen LogP contribution in [0.3, 0.4) is 0 Å². The molecule has 1 amide bonds. The van der Waals surface area contributed by atoms with E-state index in [1.54, 1.807) is 6.07 Å². The topological polar surface area (TPSA) is 149 Å². The average molecular weight is 439 g/mol. The monoisotopic (exact) mass is 439 g/mol. The number of amides is 1. The summed E-state index contributed by atoms with van der Waals surface area (Å²) in [5.41, 5.74) is -0.190. The first kappa shape index (κ1) is 20.1. The Hall–Kier alpha value is -3.82. The zero-order valence-electron chi connectivity index (χ0n) is 16.7. The second kappa shape index (κ2) is 7.70. The highest BCUT2D eigenvalue weighted by molar-refractivity contribution is 6.02. The van der Waals surface area contributed by atoms with Gasteiger partial charge in [-0.1, -0.05) is 0 Å². The van der Waals surface area contributed by atoms with Crippen LogP contribution in [-0.4, -0.2) is 49.3 Å². The fourth-order valence-corrected chi connectivity index (χ4v) is 3.99. The number of halogens is 1. The number of hydrogen-bond acceptors (Lipinski definition) is 8. The number of anilines is 1. The van der Waals surface area contributed by atoms with Gasteiger partial charge in [0.2, 0.25) is 0 Å². The number of hydroxylamine groups is 1. The Balaban J connectivity index is 1.52. The second-order valence-electron chi connectivity index (χ2n) is 7.75. The van der Waals surface area contributed by atoms with E-state index in [4.69, 9.17) is 4.84 Å². The number of aromatic amines is 1. The maximum absolute atomic E-state index is 13.7. The maximum Gasteiger partial charge on any atom is 0.258 e. The molecule has 1 unspecified atom stereocenters. The minimum Gasteiger partial charge on any atom is -0.393 e. The molecule has 1 atom stereocenters. The van der Waals surface area contributed by atoms with Gasteiger partial charge in [0.25, 0.3) is 11.5 Å². The summed E-state index contributed by atoms with van der Waals surface area (Å²) in [6.07, 6.45) is 3.38. The second-order valence-corrected chi connectivity index (χ2v) is 7.75. The van der Waals surface area contributed by atoms with Crippen LogP contribution in [0.15, 0.2) is 29.3 Å². The molecule has 0 radical (unpaired) electrons. The number of nitrogens with one attached hydrogen (secondary N) is 2. The van der Waals surface area contributed by atoms with Crippen molar-refractivity contribution in [3.05, 3.63) is 57.5 Å². The lowest BCUT2D eigenvalue weighted by Crippen LogP contribution is -2.46. The van der Waals surface area contributed by atoms with Crippen molar-refractivity contribution in [3.8, 4) is 6.07 Å². The molecule has 1 saturated heterocycles. The van der Waals surface area contributed by atoms with Crippen molar-refractivity contribution in [1.82, 2.24) is 24.9 Å². The minimum atomic E-state index is -0.587. The van der Waals surface area contributed by atoms with Crippen LogP contribution >= 0.6 is 0 Å². The van der Waals surface area contributed by atoms with Crippen LogP contribution in [0.1, 0.15) is 46.9 Å². The van der Waals surface area contributed by atoms with Gasteiger partial charge >= 0.3 is 0 Å². The zero-order valence-corrected chi connectivity index (χ0v) is 16.7. The van der Waals surface area contributed by atoms with Crippen LogP contribution < -0.4 is 15.9 Å². The van der Waals surface area contributed by atoms with Gasteiger partial charge in [-0.2, -0.15) is 10.4 Å². The van der Waals surface area contributed by atoms with Gasteiger partial charge in [0.1, 0.15) is 17.4 Å². The quantitative estimate of drug-likeness (QED) is 0.534. The average Bonchev–Trinajstić information content (AvgIpc) is 3.38. The minimum absolute atomic E-state index is 0.00934. The van der Waals surface area contributed by atoms with Gasteiger partial charge in [-0.05, 0) is 18.9 Å². The molecule has 0 bridgehead atoms. The highest BCUT2D eigenvalue weighted by Gasteiger charge is 2.33. The molecule has 0 aromatic carbocycles. The Morgan fingerprint density at radius 1 is 1.44 bits per heavy atom. The van der Waals surface area contributed by atoms with E-state index in [-0.39, 0.29) is 40.9 Å². The molecule has 164 valence electrons. The van der Waals surface area contributed by atoms with Crippen molar-refractivity contribution < 1.29 is 19.1 Å². The lowest BCUT2D eigenvalue weighted by molar-refractivity contribution is 0.0563. The van der Waals surface area contributed by atoms with Crippen LogP contribution in [0.25, 0.3) is 5.65 Å². The number of aliphatic hydroxyl groups is 1. The summed E-state index contributed by atoms with van der Waals surface area (Å²) in [5, 5.41) is 27.2. The number of hydrogen-bond donors (Lipinski definition) is 3. The number of aromatic nitrogens is 4. The molecule has 3 aromatic heterocycles. The Morgan fingerprint density at radius 3 is 3.00 bits per heavy atom. The predicted octanol–water partition coefficient (Wildman–Crippen LogP) is 0.564. The third-order valence-electron chi connectivity index (χ3n) is 5.64. The maximum atomic E-state index is 13.7. The SMILES string of the molecule is N#Cc1nn2ccc(N3OCCC3c3cc(F)c[nH]c3=O)nc2c1C(=O)NC1CC(O)C1. The van der Waals surface area contributed by atoms with Gasteiger partial charge in [-0.15, -0.1) is 0 Å². The van der Waals surface area contributed by atoms with E-state index >= 15 is 0 Å². The van der Waals surface area contributed by atoms with Crippen LogP contribution in [0.5, 0.6) is 0 Å². The summed E-state index contributed by atoms with van der Waals surface area (Å²) in [4.78, 5) is 37.6. The summed E-state index contributed by atoms with van der Waals surface area (Å²) in [7, 11) is 0. The Bertz CT molecular complexity index is 1310. The number of nitrogens with zero attached hydrogens (tertiary/aromatic N) is 5. The first-order chi connectivity index (χ1) is 15.4. The fourth-order valence-electron chi connectivity index (χ4n) is 3.99. The van der Waals surface area contributed by atoms with Crippen molar-refractivity contribution in [2.75, 3.05) is 11.7 Å². The number of carbonyl (C=O) groups is 1. The highest BCUT2D eigenvalue weighted by atomic mass is 19.1. The number of fused-ring (bicyclic) bond motifs is 1. The molecular weight excluding hydrogens is 421 g/mol. The summed E-state index contributed by atoms with van der Waals surface area (Å²) in [6.45, 7) is 0.285. The summed E-state index contributed by atoms with van der Waals surface area (Å²) < 4.78 is 15.0. The van der Waals surface area contributed by atoms with Crippen LogP contribution in [-0.2, 0) is 4.84 Å². The van der Waals surface area contributed by atoms with E-state index in [0.29, 0.717) is 19.3 Å². The number of carbonyl (C=O) groups excluding carboxylic acids is 1. The van der Waals surface area contributed by atoms with E-state index in [0.717, 1.165) is 12.3 Å². The third kappa shape index (κ3) is 3.37. The molecule has 2 aliphatic rings. The van der Waals surface area contributed by atoms with Crippen molar-refractivity contribution in [2.45, 2.75) is 37.5 Å². The van der Waals surface area contributed by atoms with Crippen LogP contribution in [0, 0.1) is 17.1 Å². The van der Waals surface area contributed by atoms with Crippen LogP contribution in [0.2, 0.25) is 0 Å². The molecule has 5 rings (SSSR count). The number of nitriles is 1. The molecule has 11 nitrogen and oxygen atoms in total. The van der Waals surface area contributed by atoms with E-state index in [2.05, 4.69) is 20.4 Å². The molecule has 4 heterocycles. The Kier molecular flexibility index (Phi) is 4.84. The van der Waals surface area contributed by atoms with E-state index in [1.807, 2.05) is 6.07 Å². The van der Waals surface area contributed by atoms with E-state index < -0.39 is 29.4 Å². The lowest BCUT2D eigenvalue weighted by Gasteiger charge is -2.31. The molecule has 1 saturated carbocycles. The molecule has 1 aliphatic heterocycles. The molecule has 1 aliphatic carbocycles. The zero-order chi connectivity index (χ0) is 22.4. The van der Waals surface area contributed by atoms with Gasteiger partial charge in [0, 0.05) is 36.5 Å². The van der Waals surface area contributed by atoms with Gasteiger partial charge in [-0.25, -0.2) is 19.0 Å². The smallest absolute Gasteiger partial charge is 0.258 e. The van der Waals surface area contributed by atoms with Crippen molar-refractivity contribution in [2.24, 2.45) is 0 Å². The van der Waals surface area contributed by atoms with Crippen molar-refractivity contribution in [3.63, 3.8) is 0 Å². The van der Waals surface area contributed by atoms with E-state index in [9.17, 15) is 24.3 Å². The molecule has 32 heavy (non-hydrogen) atoms. The number of H-pyrrole nitrogens is 1. The predicted molar refractivity (Wildman–Crippen MR) is 107 cm³/mol. The molecule has 12 heteroatoms. The van der Waals surface area contributed by atoms with Gasteiger partial charge < -0.3 is 15.4 Å². The normalized spacial score (nSPS) is 22.5. The molecule has 2 fully saturated rings. The first-order valence-corrected chi connectivity index (χ1v) is 10.0. The standard InChI is InChI=1S/C20H18FN7O4/c21-10-5-13(19(30)23-9-10)15-2-4-32-28(15)16-1-3-27-18(25-16)17(14(8-22)26-27)20(31)24-11-6-12(29)7-11/h1,3,5,9,11-12,15,29H,2,4,6-7H2,(H,23,30)(H,24,31). The lowest BCUT2D eigenvalue weighted by atomic mass is 9.89. The summed E-state index contributed by atoms with van der Waals surface area (Å²) >= 11 is 0. The van der Waals surface area contributed by atoms with Crippen molar-refractivity contribution in [1.29, 1.82) is 5.26 Å². The van der Waals surface area contributed by atoms with Gasteiger partial charge in [0.15, 0.2) is 17.2 Å². The largest absolute Gasteiger partial charge is 0.393 e. The molecule has 0 spiro atoms. The third-order valence-corrected chi connectivity index (χ3v) is 5.64. The highest BCUT2D eigenvalue weighted by Crippen LogP contribution is 2.33.